The van der Waals surface area contributed by atoms with E-state index < -0.39 is 0 Å². The monoisotopic (exact) mass is 284 g/mol. The van der Waals surface area contributed by atoms with Crippen LogP contribution in [0.2, 0.25) is 0 Å². The van der Waals surface area contributed by atoms with Gasteiger partial charge in [0.05, 0.1) is 12.5 Å². The molecule has 0 saturated heterocycles. The van der Waals surface area contributed by atoms with Crippen LogP contribution in [0.3, 0.4) is 0 Å². The molecule has 0 unspecified atom stereocenters. The van der Waals surface area contributed by atoms with Crippen LogP contribution in [0.1, 0.15) is 91.9 Å². The lowest BCUT2D eigenvalue weighted by Crippen LogP contribution is -2.17. The number of hydrogen-bond acceptors (Lipinski definition) is 2. The lowest BCUT2D eigenvalue weighted by atomic mass is 10.00. The molecule has 0 aliphatic heterocycles. The summed E-state index contributed by atoms with van der Waals surface area (Å²) in [5.41, 5.74) is 0. The van der Waals surface area contributed by atoms with Crippen molar-refractivity contribution < 1.29 is 9.53 Å². The lowest BCUT2D eigenvalue weighted by Gasteiger charge is -2.13. The molecule has 2 heteroatoms. The number of unbranched alkanes of at least 4 members (excludes halogenated alkanes) is 5. The van der Waals surface area contributed by atoms with E-state index in [0.717, 1.165) is 38.0 Å². The maximum Gasteiger partial charge on any atom is 0.308 e. The summed E-state index contributed by atoms with van der Waals surface area (Å²) in [6.45, 7) is 9.42. The van der Waals surface area contributed by atoms with E-state index in [-0.39, 0.29) is 11.9 Å². The molecule has 0 aliphatic carbocycles. The Morgan fingerprint density at radius 3 is 2.15 bits per heavy atom. The summed E-state index contributed by atoms with van der Waals surface area (Å²) in [4.78, 5) is 11.9. The molecule has 0 amide bonds. The Labute approximate surface area is 126 Å². The molecule has 0 bridgehead atoms. The third-order valence-electron chi connectivity index (χ3n) is 3.90. The van der Waals surface area contributed by atoms with Crippen molar-refractivity contribution in [3.8, 4) is 0 Å². The number of carbonyl (C=O) groups is 1. The van der Waals surface area contributed by atoms with Crippen LogP contribution in [0.5, 0.6) is 0 Å². The van der Waals surface area contributed by atoms with Gasteiger partial charge in [0, 0.05) is 0 Å². The number of hydrogen-bond donors (Lipinski definition) is 0. The van der Waals surface area contributed by atoms with Crippen molar-refractivity contribution in [1.82, 2.24) is 0 Å². The van der Waals surface area contributed by atoms with Crippen molar-refractivity contribution in [3.63, 3.8) is 0 Å². The zero-order chi connectivity index (χ0) is 15.2. The first-order valence-electron chi connectivity index (χ1n) is 8.78. The molecule has 0 heterocycles. The van der Waals surface area contributed by atoms with Gasteiger partial charge in [-0.2, -0.15) is 0 Å². The van der Waals surface area contributed by atoms with Gasteiger partial charge in [0.15, 0.2) is 0 Å². The van der Waals surface area contributed by atoms with Gasteiger partial charge in [0.25, 0.3) is 0 Å². The fraction of sp³-hybridized carbons (Fsp3) is 0.944. The molecule has 0 spiro atoms. The van der Waals surface area contributed by atoms with Gasteiger partial charge in [-0.15, -0.1) is 0 Å². The molecule has 0 saturated carbocycles. The average Bonchev–Trinajstić information content (AvgIpc) is 2.42. The molecule has 1 atom stereocenters. The van der Waals surface area contributed by atoms with Crippen LogP contribution in [0.15, 0.2) is 0 Å². The quantitative estimate of drug-likeness (QED) is 0.318. The van der Waals surface area contributed by atoms with Gasteiger partial charge in [0.2, 0.25) is 0 Å². The van der Waals surface area contributed by atoms with Crippen molar-refractivity contribution in [2.75, 3.05) is 6.61 Å². The first-order valence-corrected chi connectivity index (χ1v) is 8.78. The van der Waals surface area contributed by atoms with Crippen LogP contribution in [0.4, 0.5) is 0 Å². The van der Waals surface area contributed by atoms with E-state index in [9.17, 15) is 4.79 Å². The summed E-state index contributed by atoms with van der Waals surface area (Å²) in [6, 6.07) is 0. The molecule has 0 aromatic carbocycles. The Kier molecular flexibility index (Phi) is 13.1. The van der Waals surface area contributed by atoms with Gasteiger partial charge in [-0.3, -0.25) is 4.79 Å². The lowest BCUT2D eigenvalue weighted by molar-refractivity contribution is -0.149. The molecule has 0 rings (SSSR count). The van der Waals surface area contributed by atoms with Crippen molar-refractivity contribution >= 4 is 5.97 Å². The van der Waals surface area contributed by atoms with E-state index in [4.69, 9.17) is 4.74 Å². The average molecular weight is 284 g/mol. The van der Waals surface area contributed by atoms with Crippen LogP contribution in [0.25, 0.3) is 0 Å². The van der Waals surface area contributed by atoms with Crippen molar-refractivity contribution in [2.45, 2.75) is 91.9 Å². The highest BCUT2D eigenvalue weighted by molar-refractivity contribution is 5.72. The number of esters is 1. The Bertz CT molecular complexity index is 223. The van der Waals surface area contributed by atoms with E-state index in [1.807, 2.05) is 0 Å². The van der Waals surface area contributed by atoms with Gasteiger partial charge in [-0.25, -0.2) is 0 Å². The van der Waals surface area contributed by atoms with Crippen molar-refractivity contribution in [3.05, 3.63) is 0 Å². The van der Waals surface area contributed by atoms with Crippen LogP contribution < -0.4 is 0 Å². The topological polar surface area (TPSA) is 26.3 Å². The second kappa shape index (κ2) is 13.5. The second-order valence-electron chi connectivity index (χ2n) is 6.37. The molecule has 120 valence electrons. The zero-order valence-corrected chi connectivity index (χ0v) is 14.2. The molecule has 0 fully saturated rings. The second-order valence-corrected chi connectivity index (χ2v) is 6.37. The summed E-state index contributed by atoms with van der Waals surface area (Å²) >= 11 is 0. The van der Waals surface area contributed by atoms with Crippen LogP contribution in [-0.4, -0.2) is 12.6 Å². The summed E-state index contributed by atoms with van der Waals surface area (Å²) in [6.07, 6.45) is 11.7. The van der Waals surface area contributed by atoms with E-state index in [1.54, 1.807) is 0 Å². The molecule has 0 radical (unpaired) electrons. The largest absolute Gasteiger partial charge is 0.465 e. The Balaban J connectivity index is 3.46. The molecule has 0 aliphatic rings. The highest BCUT2D eigenvalue weighted by Crippen LogP contribution is 2.15. The van der Waals surface area contributed by atoms with E-state index in [1.165, 1.54) is 32.1 Å². The normalized spacial score (nSPS) is 12.7. The summed E-state index contributed by atoms with van der Waals surface area (Å²) in [5, 5.41) is 0. The molecule has 0 N–H and O–H groups in total. The fourth-order valence-electron chi connectivity index (χ4n) is 2.41. The third kappa shape index (κ3) is 11.3. The van der Waals surface area contributed by atoms with Gasteiger partial charge in [-0.1, -0.05) is 72.6 Å². The minimum atomic E-state index is 0.0285. The summed E-state index contributed by atoms with van der Waals surface area (Å²) in [7, 11) is 0. The highest BCUT2D eigenvalue weighted by atomic mass is 16.5. The third-order valence-corrected chi connectivity index (χ3v) is 3.90. The molecule has 20 heavy (non-hydrogen) atoms. The summed E-state index contributed by atoms with van der Waals surface area (Å²) in [5.74, 6) is 0.979. The Hall–Kier alpha value is -0.530. The fourth-order valence-corrected chi connectivity index (χ4v) is 2.41. The van der Waals surface area contributed by atoms with Crippen molar-refractivity contribution in [2.24, 2.45) is 11.8 Å². The predicted molar refractivity (Wildman–Crippen MR) is 86.8 cm³/mol. The van der Waals surface area contributed by atoms with E-state index >= 15 is 0 Å². The zero-order valence-electron chi connectivity index (χ0n) is 14.2. The molecule has 0 aromatic heterocycles. The molecular weight excluding hydrogens is 248 g/mol. The van der Waals surface area contributed by atoms with Crippen molar-refractivity contribution in [1.29, 1.82) is 0 Å². The highest BCUT2D eigenvalue weighted by Gasteiger charge is 2.16. The standard InChI is InChI=1S/C18H36O2/c1-5-7-14-17(6-2)18(19)20-15-12-10-8-9-11-13-16(3)4/h16-17H,5-15H2,1-4H3/t17-/m1/s1. The van der Waals surface area contributed by atoms with E-state index in [0.29, 0.717) is 6.61 Å². The van der Waals surface area contributed by atoms with Crippen LogP contribution in [-0.2, 0) is 9.53 Å². The molecule has 0 aromatic rings. The van der Waals surface area contributed by atoms with E-state index in [2.05, 4.69) is 27.7 Å². The maximum atomic E-state index is 11.9. The smallest absolute Gasteiger partial charge is 0.308 e. The Morgan fingerprint density at radius 1 is 0.900 bits per heavy atom. The number of rotatable bonds is 13. The van der Waals surface area contributed by atoms with Crippen LogP contribution >= 0.6 is 0 Å². The predicted octanol–water partition coefficient (Wildman–Crippen LogP) is 5.74. The van der Waals surface area contributed by atoms with Gasteiger partial charge in [0.1, 0.15) is 0 Å². The first kappa shape index (κ1) is 19.5. The van der Waals surface area contributed by atoms with Gasteiger partial charge in [-0.05, 0) is 25.2 Å². The number of ether oxygens (including phenoxy) is 1. The minimum Gasteiger partial charge on any atom is -0.465 e. The Morgan fingerprint density at radius 2 is 1.55 bits per heavy atom. The SMILES string of the molecule is CCCC[C@@H](CC)C(=O)OCCCCCCCC(C)C. The van der Waals surface area contributed by atoms with Gasteiger partial charge >= 0.3 is 5.97 Å². The molecule has 2 nitrogen and oxygen atoms in total. The van der Waals surface area contributed by atoms with Gasteiger partial charge < -0.3 is 4.74 Å². The van der Waals surface area contributed by atoms with Crippen LogP contribution in [0, 0.1) is 11.8 Å². The first-order chi connectivity index (χ1) is 9.61. The maximum absolute atomic E-state index is 11.9. The summed E-state index contributed by atoms with van der Waals surface area (Å²) < 4.78 is 5.40. The minimum absolute atomic E-state index is 0.0285. The molecular formula is C18H36O2. The number of carbonyl (C=O) groups excluding carboxylic acids is 1.